The van der Waals surface area contributed by atoms with Crippen molar-refractivity contribution in [2.24, 2.45) is 0 Å². The van der Waals surface area contributed by atoms with Crippen LogP contribution >= 0.6 is 11.6 Å². The van der Waals surface area contributed by atoms with Gasteiger partial charge >= 0.3 is 0 Å². The molecule has 3 aromatic rings. The number of nitrogens with zero attached hydrogens (tertiary/aromatic N) is 2. The average molecular weight is 410 g/mol. The second-order valence-corrected chi connectivity index (χ2v) is 8.35. The maximum atomic E-state index is 13.6. The third-order valence-corrected chi connectivity index (χ3v) is 5.22. The maximum absolute atomic E-state index is 13.6. The van der Waals surface area contributed by atoms with Crippen molar-refractivity contribution in [3.8, 4) is 0 Å². The predicted octanol–water partition coefficient (Wildman–Crippen LogP) is 3.62. The maximum Gasteiger partial charge on any atom is 0.194 e. The van der Waals surface area contributed by atoms with Crippen molar-refractivity contribution in [1.29, 1.82) is 0 Å². The minimum absolute atomic E-state index is 0.0582. The normalized spacial score (nSPS) is 12.9. The first-order valence-electron chi connectivity index (χ1n) is 7.98. The highest BCUT2D eigenvalue weighted by Crippen LogP contribution is 2.29. The van der Waals surface area contributed by atoms with Gasteiger partial charge in [0.05, 0.1) is 23.0 Å². The number of sulfone groups is 1. The van der Waals surface area contributed by atoms with Gasteiger partial charge < -0.3 is 9.72 Å². The molecular weight excluding hydrogens is 393 g/mol. The van der Waals surface area contributed by atoms with Gasteiger partial charge in [-0.1, -0.05) is 23.7 Å². The highest BCUT2D eigenvalue weighted by molar-refractivity contribution is 7.90. The third-order valence-electron chi connectivity index (χ3n) is 3.83. The van der Waals surface area contributed by atoms with Gasteiger partial charge in [-0.3, -0.25) is 4.98 Å². The van der Waals surface area contributed by atoms with E-state index in [9.17, 15) is 12.8 Å². The van der Waals surface area contributed by atoms with Crippen molar-refractivity contribution in [2.45, 2.75) is 24.7 Å². The Morgan fingerprint density at radius 2 is 2.07 bits per heavy atom. The van der Waals surface area contributed by atoms with Crippen LogP contribution in [-0.2, 0) is 21.2 Å². The summed E-state index contributed by atoms with van der Waals surface area (Å²) >= 11 is 5.90. The second kappa shape index (κ2) is 7.75. The molecule has 0 spiro atoms. The van der Waals surface area contributed by atoms with E-state index in [1.807, 2.05) is 6.07 Å². The monoisotopic (exact) mass is 409 g/mol. The van der Waals surface area contributed by atoms with Gasteiger partial charge in [-0.25, -0.2) is 17.8 Å². The van der Waals surface area contributed by atoms with E-state index in [0.29, 0.717) is 17.0 Å². The number of benzene rings is 1. The Labute approximate surface area is 161 Å². The van der Waals surface area contributed by atoms with E-state index in [2.05, 4.69) is 15.0 Å². The van der Waals surface area contributed by atoms with Crippen LogP contribution in [0, 0.1) is 12.7 Å². The molecule has 0 aliphatic heterocycles. The molecule has 1 atom stereocenters. The molecule has 0 radical (unpaired) electrons. The number of rotatable bonds is 6. The van der Waals surface area contributed by atoms with Crippen molar-refractivity contribution in [3.05, 3.63) is 76.2 Å². The lowest BCUT2D eigenvalue weighted by Gasteiger charge is -2.17. The zero-order valence-corrected chi connectivity index (χ0v) is 16.2. The van der Waals surface area contributed by atoms with Gasteiger partial charge in [-0.15, -0.1) is 0 Å². The molecule has 0 fully saturated rings. The predicted molar refractivity (Wildman–Crippen MR) is 98.7 cm³/mol. The number of imidazole rings is 1. The SMILES string of the molecule is Cc1[nH]c([C@H](OCc2ccccn2)c2ccc(F)c(Cl)c2)nc1S(C)(=O)=O. The molecule has 0 bridgehead atoms. The van der Waals surface area contributed by atoms with E-state index in [1.165, 1.54) is 18.2 Å². The van der Waals surface area contributed by atoms with Crippen molar-refractivity contribution in [2.75, 3.05) is 6.26 Å². The van der Waals surface area contributed by atoms with Crippen LogP contribution in [0.25, 0.3) is 0 Å². The molecule has 0 amide bonds. The van der Waals surface area contributed by atoms with Gasteiger partial charge in [-0.05, 0) is 36.8 Å². The first-order chi connectivity index (χ1) is 12.8. The zero-order chi connectivity index (χ0) is 19.6. The number of aromatic amines is 1. The molecule has 0 saturated heterocycles. The first-order valence-corrected chi connectivity index (χ1v) is 10.3. The van der Waals surface area contributed by atoms with Gasteiger partial charge in [-0.2, -0.15) is 0 Å². The lowest BCUT2D eigenvalue weighted by atomic mass is 10.1. The lowest BCUT2D eigenvalue weighted by Crippen LogP contribution is -2.10. The molecule has 1 N–H and O–H groups in total. The minimum Gasteiger partial charge on any atom is -0.359 e. The fourth-order valence-corrected chi connectivity index (χ4v) is 3.67. The molecule has 0 saturated carbocycles. The van der Waals surface area contributed by atoms with Crippen molar-refractivity contribution >= 4 is 21.4 Å². The molecule has 27 heavy (non-hydrogen) atoms. The summed E-state index contributed by atoms with van der Waals surface area (Å²) in [6.07, 6.45) is 1.94. The van der Waals surface area contributed by atoms with Crippen LogP contribution in [0.2, 0.25) is 5.02 Å². The number of H-pyrrole nitrogens is 1. The molecule has 2 aromatic heterocycles. The van der Waals surface area contributed by atoms with E-state index in [4.69, 9.17) is 16.3 Å². The van der Waals surface area contributed by atoms with Crippen LogP contribution in [0.4, 0.5) is 4.39 Å². The highest BCUT2D eigenvalue weighted by Gasteiger charge is 2.24. The highest BCUT2D eigenvalue weighted by atomic mass is 35.5. The van der Waals surface area contributed by atoms with E-state index < -0.39 is 21.8 Å². The van der Waals surface area contributed by atoms with Gasteiger partial charge in [0.15, 0.2) is 14.9 Å². The molecule has 1 aromatic carbocycles. The second-order valence-electron chi connectivity index (χ2n) is 6.01. The summed E-state index contributed by atoms with van der Waals surface area (Å²) in [5, 5.41) is -0.123. The smallest absolute Gasteiger partial charge is 0.194 e. The van der Waals surface area contributed by atoms with Crippen LogP contribution in [0.3, 0.4) is 0 Å². The fraction of sp³-hybridized carbons (Fsp3) is 0.222. The van der Waals surface area contributed by atoms with Crippen LogP contribution in [0.1, 0.15) is 28.9 Å². The molecule has 9 heteroatoms. The van der Waals surface area contributed by atoms with E-state index >= 15 is 0 Å². The number of halogens is 2. The number of aromatic nitrogens is 3. The summed E-state index contributed by atoms with van der Waals surface area (Å²) in [4.78, 5) is 11.3. The Bertz CT molecular complexity index is 1050. The van der Waals surface area contributed by atoms with Crippen molar-refractivity contribution < 1.29 is 17.5 Å². The van der Waals surface area contributed by atoms with Crippen LogP contribution < -0.4 is 0 Å². The Morgan fingerprint density at radius 1 is 1.30 bits per heavy atom. The number of nitrogens with one attached hydrogen (secondary N) is 1. The quantitative estimate of drug-likeness (QED) is 0.672. The van der Waals surface area contributed by atoms with Crippen LogP contribution in [0.5, 0.6) is 0 Å². The third kappa shape index (κ3) is 4.52. The van der Waals surface area contributed by atoms with Gasteiger partial charge in [0.2, 0.25) is 0 Å². The van der Waals surface area contributed by atoms with Crippen LogP contribution in [0.15, 0.2) is 47.6 Å². The van der Waals surface area contributed by atoms with Crippen molar-refractivity contribution in [3.63, 3.8) is 0 Å². The molecule has 0 aliphatic rings. The topological polar surface area (TPSA) is 84.9 Å². The number of hydrogen-bond acceptors (Lipinski definition) is 5. The number of hydrogen-bond donors (Lipinski definition) is 1. The fourth-order valence-electron chi connectivity index (χ4n) is 2.61. The Hall–Kier alpha value is -2.29. The summed E-state index contributed by atoms with van der Waals surface area (Å²) in [5.74, 6) is -0.275. The largest absolute Gasteiger partial charge is 0.359 e. The van der Waals surface area contributed by atoms with E-state index in [1.54, 1.807) is 25.3 Å². The van der Waals surface area contributed by atoms with Gasteiger partial charge in [0.1, 0.15) is 17.7 Å². The Kier molecular flexibility index (Phi) is 5.59. The Balaban J connectivity index is 2.00. The van der Waals surface area contributed by atoms with Crippen LogP contribution in [-0.4, -0.2) is 29.6 Å². The van der Waals surface area contributed by atoms with E-state index in [-0.39, 0.29) is 22.5 Å². The minimum atomic E-state index is -3.51. The summed E-state index contributed by atoms with van der Waals surface area (Å²) in [5.41, 5.74) is 1.61. The van der Waals surface area contributed by atoms with Crippen molar-refractivity contribution in [1.82, 2.24) is 15.0 Å². The summed E-state index contributed by atoms with van der Waals surface area (Å²) in [7, 11) is -3.51. The molecule has 0 aliphatic carbocycles. The molecular formula is C18H17ClFN3O3S. The standard InChI is InChI=1S/C18H17ClFN3O3S/c1-11-18(27(2,24)25)23-17(22-11)16(12-6-7-15(20)14(19)9-12)26-10-13-5-3-4-8-21-13/h3-9,16H,10H2,1-2H3,(H,22,23)/t16-/m1/s1. The Morgan fingerprint density at radius 3 is 2.67 bits per heavy atom. The molecule has 6 nitrogen and oxygen atoms in total. The molecule has 0 unspecified atom stereocenters. The number of ether oxygens (including phenoxy) is 1. The average Bonchev–Trinajstić information content (AvgIpc) is 3.01. The lowest BCUT2D eigenvalue weighted by molar-refractivity contribution is 0.0592. The number of aryl methyl sites for hydroxylation is 1. The van der Waals surface area contributed by atoms with Gasteiger partial charge in [0.25, 0.3) is 0 Å². The molecule has 3 rings (SSSR count). The summed E-state index contributed by atoms with van der Waals surface area (Å²) < 4.78 is 43.3. The molecule has 142 valence electrons. The zero-order valence-electron chi connectivity index (χ0n) is 14.6. The number of pyridine rings is 1. The summed E-state index contributed by atoms with van der Waals surface area (Å²) in [6.45, 7) is 1.76. The van der Waals surface area contributed by atoms with Gasteiger partial charge in [0, 0.05) is 12.5 Å². The van der Waals surface area contributed by atoms with E-state index in [0.717, 1.165) is 6.26 Å². The molecule has 2 heterocycles. The summed E-state index contributed by atoms with van der Waals surface area (Å²) in [6, 6.07) is 9.58. The first kappa shape index (κ1) is 19.5.